The number of Topliss-reactive ketones (excluding diaryl/α,β-unsaturated/α-hetero) is 1. The lowest BCUT2D eigenvalue weighted by molar-refractivity contribution is -0.137. The second kappa shape index (κ2) is 9.67. The molecule has 0 N–H and O–H groups in total. The molecule has 1 aliphatic carbocycles. The van der Waals surface area contributed by atoms with Crippen molar-refractivity contribution in [2.45, 2.75) is 50.6 Å². The first-order chi connectivity index (χ1) is 15.7. The number of likely N-dealkylation sites (tertiary alicyclic amines) is 1. The summed E-state index contributed by atoms with van der Waals surface area (Å²) in [7, 11) is 0. The van der Waals surface area contributed by atoms with Gasteiger partial charge in [-0.25, -0.2) is 0 Å². The molecule has 1 heterocycles. The number of carbonyl (C=O) groups is 1. The Hall–Kier alpha value is -2.05. The highest BCUT2D eigenvalue weighted by Gasteiger charge is 2.45. The second-order valence-electron chi connectivity index (χ2n) is 9.40. The van der Waals surface area contributed by atoms with Crippen LogP contribution >= 0.6 is 11.6 Å². The van der Waals surface area contributed by atoms with Crippen LogP contribution in [0.2, 0.25) is 5.02 Å². The van der Waals surface area contributed by atoms with E-state index in [0.717, 1.165) is 62.9 Å². The van der Waals surface area contributed by atoms with E-state index in [1.165, 1.54) is 6.07 Å². The van der Waals surface area contributed by atoms with Gasteiger partial charge >= 0.3 is 6.18 Å². The van der Waals surface area contributed by atoms with Gasteiger partial charge in [-0.1, -0.05) is 30.2 Å². The van der Waals surface area contributed by atoms with Gasteiger partial charge in [0.1, 0.15) is 5.75 Å². The van der Waals surface area contributed by atoms with Crippen LogP contribution in [0.3, 0.4) is 0 Å². The van der Waals surface area contributed by atoms with E-state index in [1.54, 1.807) is 6.92 Å². The van der Waals surface area contributed by atoms with Crippen LogP contribution in [0.15, 0.2) is 42.5 Å². The summed E-state index contributed by atoms with van der Waals surface area (Å²) >= 11 is 6.03. The number of alkyl halides is 3. The van der Waals surface area contributed by atoms with Crippen molar-refractivity contribution in [2.75, 3.05) is 26.2 Å². The largest absolute Gasteiger partial charge is 0.493 e. The van der Waals surface area contributed by atoms with E-state index >= 15 is 0 Å². The molecule has 4 rings (SSSR count). The Kier molecular flexibility index (Phi) is 7.06. The number of aryl methyl sites for hydroxylation is 1. The smallest absolute Gasteiger partial charge is 0.416 e. The molecule has 33 heavy (non-hydrogen) atoms. The molecule has 0 aromatic heterocycles. The average Bonchev–Trinajstić information content (AvgIpc) is 2.73. The van der Waals surface area contributed by atoms with Gasteiger partial charge in [0.05, 0.1) is 24.1 Å². The van der Waals surface area contributed by atoms with Crippen LogP contribution in [-0.2, 0) is 16.4 Å². The predicted molar refractivity (Wildman–Crippen MR) is 123 cm³/mol. The molecule has 178 valence electrons. The summed E-state index contributed by atoms with van der Waals surface area (Å²) in [5, 5.41) is 0.669. The second-order valence-corrected chi connectivity index (χ2v) is 9.83. The number of nitrogens with zero attached hydrogens (tertiary/aromatic N) is 1. The lowest BCUT2D eigenvalue weighted by Crippen LogP contribution is -2.49. The third-order valence-electron chi connectivity index (χ3n) is 7.08. The Bertz CT molecular complexity index is 986. The molecule has 0 bridgehead atoms. The van der Waals surface area contributed by atoms with Crippen molar-refractivity contribution in [1.29, 1.82) is 0 Å². The zero-order valence-electron chi connectivity index (χ0n) is 18.8. The number of ketones is 1. The minimum Gasteiger partial charge on any atom is -0.493 e. The van der Waals surface area contributed by atoms with Gasteiger partial charge in [0.2, 0.25) is 0 Å². The SMILES string of the molecule is Cc1cc(C(F)(F)F)ccc1OC[C@@H]1CCCN(CC(=O)C2(c3ccc(Cl)cc3)CCC2)C1. The summed E-state index contributed by atoms with van der Waals surface area (Å²) in [4.78, 5) is 15.6. The maximum Gasteiger partial charge on any atom is 0.416 e. The van der Waals surface area contributed by atoms with E-state index in [9.17, 15) is 18.0 Å². The van der Waals surface area contributed by atoms with Crippen molar-refractivity contribution in [1.82, 2.24) is 4.90 Å². The summed E-state index contributed by atoms with van der Waals surface area (Å²) in [6.07, 6.45) is 0.400. The van der Waals surface area contributed by atoms with Gasteiger partial charge in [-0.3, -0.25) is 9.69 Å². The van der Waals surface area contributed by atoms with E-state index in [4.69, 9.17) is 16.3 Å². The number of piperidine rings is 1. The molecular weight excluding hydrogens is 451 g/mol. The highest BCUT2D eigenvalue weighted by atomic mass is 35.5. The molecule has 1 aliphatic heterocycles. The number of halogens is 4. The van der Waals surface area contributed by atoms with Crippen molar-refractivity contribution in [2.24, 2.45) is 5.92 Å². The summed E-state index contributed by atoms with van der Waals surface area (Å²) in [5.74, 6) is 0.977. The fourth-order valence-electron chi connectivity index (χ4n) is 5.01. The van der Waals surface area contributed by atoms with E-state index in [1.807, 2.05) is 24.3 Å². The molecule has 2 fully saturated rings. The van der Waals surface area contributed by atoms with Crippen LogP contribution in [0.4, 0.5) is 13.2 Å². The molecular formula is C26H29ClF3NO2. The first-order valence-corrected chi connectivity index (χ1v) is 11.9. The number of carbonyl (C=O) groups excluding carboxylic acids is 1. The van der Waals surface area contributed by atoms with Crippen LogP contribution < -0.4 is 4.74 Å². The van der Waals surface area contributed by atoms with Gasteiger partial charge in [-0.15, -0.1) is 0 Å². The fraction of sp³-hybridized carbons (Fsp3) is 0.500. The molecule has 2 aromatic rings. The van der Waals surface area contributed by atoms with Crippen molar-refractivity contribution in [3.05, 3.63) is 64.2 Å². The van der Waals surface area contributed by atoms with Crippen molar-refractivity contribution < 1.29 is 22.7 Å². The predicted octanol–water partition coefficient (Wildman–Crippen LogP) is 6.45. The van der Waals surface area contributed by atoms with Crippen molar-refractivity contribution in [3.8, 4) is 5.75 Å². The summed E-state index contributed by atoms with van der Waals surface area (Å²) < 4.78 is 44.5. The van der Waals surface area contributed by atoms with Gasteiger partial charge in [0.25, 0.3) is 0 Å². The maximum absolute atomic E-state index is 13.3. The van der Waals surface area contributed by atoms with E-state index in [2.05, 4.69) is 4.90 Å². The Balaban J connectivity index is 1.34. The summed E-state index contributed by atoms with van der Waals surface area (Å²) in [6, 6.07) is 11.2. The molecule has 1 saturated heterocycles. The highest BCUT2D eigenvalue weighted by Crippen LogP contribution is 2.45. The molecule has 7 heteroatoms. The first-order valence-electron chi connectivity index (χ1n) is 11.5. The monoisotopic (exact) mass is 479 g/mol. The minimum atomic E-state index is -4.36. The molecule has 0 unspecified atom stereocenters. The minimum absolute atomic E-state index is 0.237. The van der Waals surface area contributed by atoms with Crippen LogP contribution in [0.5, 0.6) is 5.75 Å². The van der Waals surface area contributed by atoms with E-state index in [0.29, 0.717) is 29.5 Å². The molecule has 2 aliphatic rings. The van der Waals surface area contributed by atoms with Crippen LogP contribution in [0.1, 0.15) is 48.8 Å². The Labute approximate surface area is 197 Å². The number of rotatable bonds is 7. The first kappa shape index (κ1) is 24.1. The lowest BCUT2D eigenvalue weighted by atomic mass is 9.62. The van der Waals surface area contributed by atoms with Gasteiger partial charge in [-0.2, -0.15) is 13.2 Å². The van der Waals surface area contributed by atoms with E-state index in [-0.39, 0.29) is 11.7 Å². The number of ether oxygens (including phenoxy) is 1. The Morgan fingerprint density at radius 1 is 1.15 bits per heavy atom. The average molecular weight is 480 g/mol. The molecule has 1 saturated carbocycles. The normalized spacial score (nSPS) is 20.8. The van der Waals surface area contributed by atoms with Crippen molar-refractivity contribution >= 4 is 17.4 Å². The van der Waals surface area contributed by atoms with Gasteiger partial charge in [-0.05, 0) is 80.6 Å². The van der Waals surface area contributed by atoms with Gasteiger partial charge < -0.3 is 4.74 Å². The number of hydrogen-bond donors (Lipinski definition) is 0. The van der Waals surface area contributed by atoms with Crippen LogP contribution in [-0.4, -0.2) is 36.9 Å². The van der Waals surface area contributed by atoms with E-state index < -0.39 is 17.2 Å². The summed E-state index contributed by atoms with van der Waals surface area (Å²) in [5.41, 5.74) is 0.464. The van der Waals surface area contributed by atoms with Gasteiger partial charge in [0.15, 0.2) is 5.78 Å². The van der Waals surface area contributed by atoms with Crippen LogP contribution in [0.25, 0.3) is 0 Å². The Morgan fingerprint density at radius 2 is 1.88 bits per heavy atom. The third kappa shape index (κ3) is 5.38. The quantitative estimate of drug-likeness (QED) is 0.457. The topological polar surface area (TPSA) is 29.5 Å². The fourth-order valence-corrected chi connectivity index (χ4v) is 5.13. The zero-order valence-corrected chi connectivity index (χ0v) is 19.5. The van der Waals surface area contributed by atoms with Gasteiger partial charge in [0, 0.05) is 17.5 Å². The Morgan fingerprint density at radius 3 is 2.48 bits per heavy atom. The molecule has 0 radical (unpaired) electrons. The molecule has 1 atom stereocenters. The maximum atomic E-state index is 13.3. The van der Waals surface area contributed by atoms with Crippen LogP contribution in [0, 0.1) is 12.8 Å². The third-order valence-corrected chi connectivity index (χ3v) is 7.34. The lowest BCUT2D eigenvalue weighted by Gasteiger charge is -2.43. The number of benzene rings is 2. The standard InChI is InChI=1S/C26H29ClF3NO2/c1-18-14-21(26(28,29)30)7-10-23(18)33-17-19-4-2-13-31(15-19)16-24(32)25(11-3-12-25)20-5-8-22(27)9-6-20/h5-10,14,19H,2-4,11-13,15-17H2,1H3/t19-/m1/s1. The zero-order chi connectivity index (χ0) is 23.6. The number of hydrogen-bond acceptors (Lipinski definition) is 3. The summed E-state index contributed by atoms with van der Waals surface area (Å²) in [6.45, 7) is 4.10. The molecule has 3 nitrogen and oxygen atoms in total. The molecule has 0 spiro atoms. The molecule has 2 aromatic carbocycles. The molecule has 0 amide bonds. The highest BCUT2D eigenvalue weighted by molar-refractivity contribution is 6.30. The van der Waals surface area contributed by atoms with Crippen molar-refractivity contribution in [3.63, 3.8) is 0 Å².